The summed E-state index contributed by atoms with van der Waals surface area (Å²) in [6.07, 6.45) is 0.236. The van der Waals surface area contributed by atoms with Crippen LogP contribution < -0.4 is 5.73 Å². The Labute approximate surface area is 104 Å². The van der Waals surface area contributed by atoms with Gasteiger partial charge in [-0.25, -0.2) is 8.78 Å². The van der Waals surface area contributed by atoms with E-state index in [1.165, 1.54) is 13.8 Å². The molecule has 1 saturated heterocycles. The lowest BCUT2D eigenvalue weighted by atomic mass is 9.95. The summed E-state index contributed by atoms with van der Waals surface area (Å²) in [7, 11) is 0. The van der Waals surface area contributed by atoms with Gasteiger partial charge in [0.2, 0.25) is 0 Å². The van der Waals surface area contributed by atoms with Crippen LogP contribution >= 0.6 is 0 Å². The molecule has 1 amide bonds. The minimum atomic E-state index is -2.89. The molecule has 0 aromatic rings. The number of carbonyl (C=O) groups excluding carboxylic acids is 2. The molecule has 5 nitrogen and oxygen atoms in total. The Morgan fingerprint density at radius 2 is 2.17 bits per heavy atom. The zero-order chi connectivity index (χ0) is 13.9. The zero-order valence-corrected chi connectivity index (χ0v) is 10.5. The second kappa shape index (κ2) is 5.60. The maximum Gasteiger partial charge on any atom is 0.323 e. The molecule has 1 aliphatic rings. The highest BCUT2D eigenvalue weighted by Crippen LogP contribution is 2.32. The van der Waals surface area contributed by atoms with Gasteiger partial charge in [-0.3, -0.25) is 9.59 Å². The number of carbonyl (C=O) groups is 2. The topological polar surface area (TPSA) is 72.6 Å². The molecule has 0 aromatic carbocycles. The number of nitrogens with two attached hydrogens (primary N) is 1. The third kappa shape index (κ3) is 3.63. The van der Waals surface area contributed by atoms with Crippen molar-refractivity contribution in [1.82, 2.24) is 4.90 Å². The van der Waals surface area contributed by atoms with Crippen LogP contribution in [-0.2, 0) is 14.3 Å². The van der Waals surface area contributed by atoms with E-state index >= 15 is 0 Å². The van der Waals surface area contributed by atoms with Crippen LogP contribution in [0.5, 0.6) is 0 Å². The minimum absolute atomic E-state index is 0.236. The number of halogens is 2. The first-order chi connectivity index (χ1) is 8.24. The van der Waals surface area contributed by atoms with Gasteiger partial charge in [-0.1, -0.05) is 6.92 Å². The number of alkyl halides is 2. The maximum absolute atomic E-state index is 13.4. The number of amides is 1. The van der Waals surface area contributed by atoms with Gasteiger partial charge in [0.05, 0.1) is 6.54 Å². The molecule has 0 spiro atoms. The molecule has 7 heteroatoms. The van der Waals surface area contributed by atoms with Gasteiger partial charge in [0, 0.05) is 12.5 Å². The van der Waals surface area contributed by atoms with Gasteiger partial charge in [0.25, 0.3) is 11.8 Å². The van der Waals surface area contributed by atoms with E-state index in [4.69, 9.17) is 5.73 Å². The number of hydrogen-bond acceptors (Lipinski definition) is 4. The van der Waals surface area contributed by atoms with Crippen molar-refractivity contribution in [2.75, 3.05) is 19.7 Å². The van der Waals surface area contributed by atoms with Crippen molar-refractivity contribution in [3.8, 4) is 0 Å². The first kappa shape index (κ1) is 14.8. The summed E-state index contributed by atoms with van der Waals surface area (Å²) in [5, 5.41) is 0. The van der Waals surface area contributed by atoms with E-state index in [2.05, 4.69) is 4.74 Å². The molecule has 0 aromatic heterocycles. The van der Waals surface area contributed by atoms with E-state index in [0.717, 1.165) is 4.90 Å². The highest BCUT2D eigenvalue weighted by atomic mass is 19.3. The number of ether oxygens (including phenoxy) is 1. The molecule has 1 rings (SSSR count). The minimum Gasteiger partial charge on any atom is -0.454 e. The molecule has 1 fully saturated rings. The Kier molecular flexibility index (Phi) is 4.61. The summed E-state index contributed by atoms with van der Waals surface area (Å²) >= 11 is 0. The lowest BCUT2D eigenvalue weighted by Crippen LogP contribution is -2.51. The summed E-state index contributed by atoms with van der Waals surface area (Å²) in [6, 6.07) is -0.833. The first-order valence-electron chi connectivity index (χ1n) is 5.82. The van der Waals surface area contributed by atoms with Crippen LogP contribution in [0.25, 0.3) is 0 Å². The van der Waals surface area contributed by atoms with Gasteiger partial charge in [0.15, 0.2) is 6.61 Å². The van der Waals surface area contributed by atoms with Gasteiger partial charge < -0.3 is 15.4 Å². The molecular weight excluding hydrogens is 246 g/mol. The number of piperidine rings is 1. The fraction of sp³-hybridized carbons (Fsp3) is 0.818. The molecule has 0 aliphatic carbocycles. The van der Waals surface area contributed by atoms with Crippen LogP contribution in [0.4, 0.5) is 8.78 Å². The Morgan fingerprint density at radius 1 is 1.56 bits per heavy atom. The molecule has 0 radical (unpaired) electrons. The van der Waals surface area contributed by atoms with Crippen molar-refractivity contribution in [3.05, 3.63) is 0 Å². The fourth-order valence-electron chi connectivity index (χ4n) is 1.62. The van der Waals surface area contributed by atoms with E-state index in [1.54, 1.807) is 0 Å². The number of esters is 1. The number of hydrogen-bond donors (Lipinski definition) is 1. The van der Waals surface area contributed by atoms with Crippen LogP contribution in [0.2, 0.25) is 0 Å². The van der Waals surface area contributed by atoms with Gasteiger partial charge in [0.1, 0.15) is 6.04 Å². The van der Waals surface area contributed by atoms with Crippen LogP contribution in [0, 0.1) is 5.92 Å². The Hall–Kier alpha value is -1.24. The van der Waals surface area contributed by atoms with Crippen molar-refractivity contribution in [1.29, 1.82) is 0 Å². The highest BCUT2D eigenvalue weighted by molar-refractivity contribution is 5.82. The maximum atomic E-state index is 13.4. The summed E-state index contributed by atoms with van der Waals surface area (Å²) in [6.45, 7) is 1.97. The monoisotopic (exact) mass is 264 g/mol. The second-order valence-electron chi connectivity index (χ2n) is 4.66. The lowest BCUT2D eigenvalue weighted by molar-refractivity contribution is -0.160. The summed E-state index contributed by atoms with van der Waals surface area (Å²) < 4.78 is 31.4. The Balaban J connectivity index is 2.46. The predicted octanol–water partition coefficient (Wildman–Crippen LogP) is 0.380. The van der Waals surface area contributed by atoms with Crippen LogP contribution in [0.15, 0.2) is 0 Å². The Bertz CT molecular complexity index is 334. The van der Waals surface area contributed by atoms with Gasteiger partial charge in [-0.05, 0) is 13.3 Å². The largest absolute Gasteiger partial charge is 0.454 e. The van der Waals surface area contributed by atoms with Crippen molar-refractivity contribution >= 4 is 11.9 Å². The quantitative estimate of drug-likeness (QED) is 0.748. The van der Waals surface area contributed by atoms with Crippen LogP contribution in [-0.4, -0.2) is 48.4 Å². The summed E-state index contributed by atoms with van der Waals surface area (Å²) in [4.78, 5) is 23.7. The van der Waals surface area contributed by atoms with E-state index in [1.807, 2.05) is 0 Å². The van der Waals surface area contributed by atoms with Crippen molar-refractivity contribution in [2.45, 2.75) is 32.2 Å². The zero-order valence-electron chi connectivity index (χ0n) is 10.5. The summed E-state index contributed by atoms with van der Waals surface area (Å²) in [5.41, 5.74) is 5.24. The lowest BCUT2D eigenvalue weighted by Gasteiger charge is -2.36. The van der Waals surface area contributed by atoms with Crippen molar-refractivity contribution in [3.63, 3.8) is 0 Å². The molecule has 1 aliphatic heterocycles. The standard InChI is InChI=1S/C11H18F2N2O3/c1-7-3-4-15(6-11(7,12)13)9(16)5-18-10(17)8(2)14/h7-8H,3-6,14H2,1-2H3/t7-,8+/m0/s1. The van der Waals surface area contributed by atoms with E-state index < -0.39 is 42.9 Å². The molecule has 104 valence electrons. The van der Waals surface area contributed by atoms with Crippen LogP contribution in [0.3, 0.4) is 0 Å². The van der Waals surface area contributed by atoms with Crippen molar-refractivity contribution < 1.29 is 23.1 Å². The molecule has 1 heterocycles. The third-order valence-corrected chi connectivity index (χ3v) is 3.02. The van der Waals surface area contributed by atoms with Crippen molar-refractivity contribution in [2.24, 2.45) is 11.7 Å². The van der Waals surface area contributed by atoms with Gasteiger partial charge >= 0.3 is 5.97 Å². The van der Waals surface area contributed by atoms with Crippen LogP contribution in [0.1, 0.15) is 20.3 Å². The highest BCUT2D eigenvalue weighted by Gasteiger charge is 2.43. The SMILES string of the molecule is C[C@@H](N)C(=O)OCC(=O)N1CC[C@H](C)C(F)(F)C1. The average Bonchev–Trinajstić information content (AvgIpc) is 2.28. The number of likely N-dealkylation sites (tertiary alicyclic amines) is 1. The van der Waals surface area contributed by atoms with E-state index in [-0.39, 0.29) is 13.0 Å². The molecule has 0 bridgehead atoms. The van der Waals surface area contributed by atoms with Gasteiger partial charge in [-0.15, -0.1) is 0 Å². The fourth-order valence-corrected chi connectivity index (χ4v) is 1.62. The predicted molar refractivity (Wildman–Crippen MR) is 59.9 cm³/mol. The molecule has 0 saturated carbocycles. The second-order valence-corrected chi connectivity index (χ2v) is 4.66. The molecule has 18 heavy (non-hydrogen) atoms. The summed E-state index contributed by atoms with van der Waals surface area (Å²) in [5.74, 6) is -4.97. The number of nitrogens with zero attached hydrogens (tertiary/aromatic N) is 1. The smallest absolute Gasteiger partial charge is 0.323 e. The molecular formula is C11H18F2N2O3. The first-order valence-corrected chi connectivity index (χ1v) is 5.82. The van der Waals surface area contributed by atoms with Gasteiger partial charge in [-0.2, -0.15) is 0 Å². The average molecular weight is 264 g/mol. The molecule has 0 unspecified atom stereocenters. The molecule has 2 N–H and O–H groups in total. The third-order valence-electron chi connectivity index (χ3n) is 3.02. The molecule has 2 atom stereocenters. The van der Waals surface area contributed by atoms with E-state index in [0.29, 0.717) is 0 Å². The van der Waals surface area contributed by atoms with E-state index in [9.17, 15) is 18.4 Å². The number of rotatable bonds is 3. The Morgan fingerprint density at radius 3 is 2.67 bits per heavy atom. The normalized spacial score (nSPS) is 24.5.